The number of primary sulfonamides is 1. The molecule has 0 saturated heterocycles. The minimum absolute atomic E-state index is 0.466. The Balaban J connectivity index is 3.58. The van der Waals surface area contributed by atoms with E-state index in [1.807, 2.05) is 0 Å². The predicted octanol–water partition coefficient (Wildman–Crippen LogP) is -0.458. The number of anilines is 1. The molecule has 1 heterocycles. The van der Waals surface area contributed by atoms with Crippen molar-refractivity contribution in [1.29, 1.82) is 0 Å². The summed E-state index contributed by atoms with van der Waals surface area (Å²) in [6, 6.07) is 0.466. The van der Waals surface area contributed by atoms with Crippen molar-refractivity contribution in [2.75, 3.05) is 5.73 Å². The van der Waals surface area contributed by atoms with Crippen LogP contribution in [0.5, 0.6) is 0 Å². The summed E-state index contributed by atoms with van der Waals surface area (Å²) in [7, 11) is -4.23. The minimum atomic E-state index is -4.23. The second kappa shape index (κ2) is 3.59. The van der Waals surface area contributed by atoms with Crippen molar-refractivity contribution in [3.8, 4) is 0 Å². The van der Waals surface area contributed by atoms with Gasteiger partial charge in [-0.2, -0.15) is 0 Å². The lowest BCUT2D eigenvalue weighted by Crippen LogP contribution is -2.21. The van der Waals surface area contributed by atoms with Gasteiger partial charge in [-0.3, -0.25) is 4.79 Å². The number of aromatic nitrogens is 1. The van der Waals surface area contributed by atoms with Crippen LogP contribution in [0.15, 0.2) is 15.8 Å². The summed E-state index contributed by atoms with van der Waals surface area (Å²) >= 11 is 0. The average Bonchev–Trinajstić information content (AvgIpc) is 2.00. The summed E-state index contributed by atoms with van der Waals surface area (Å²) < 4.78 is 46.2. The standard InChI is InChI=1S/C6H7F2N3O3S/c7-4(8)2-1-3(15(10,13)14)5(9)11-6(2)12/h1,4H,(H3,9,11,12)(H2,10,13,14). The van der Waals surface area contributed by atoms with Crippen molar-refractivity contribution in [3.63, 3.8) is 0 Å². The van der Waals surface area contributed by atoms with Crippen LogP contribution < -0.4 is 16.4 Å². The van der Waals surface area contributed by atoms with Crippen molar-refractivity contribution in [3.05, 3.63) is 22.0 Å². The molecule has 1 aromatic heterocycles. The molecule has 0 saturated carbocycles. The third-order valence-corrected chi connectivity index (χ3v) is 2.55. The number of sulfonamides is 1. The molecule has 0 aliphatic rings. The Morgan fingerprint density at radius 1 is 1.40 bits per heavy atom. The van der Waals surface area contributed by atoms with E-state index >= 15 is 0 Å². The molecule has 0 atom stereocenters. The molecule has 84 valence electrons. The topological polar surface area (TPSA) is 119 Å². The first-order valence-electron chi connectivity index (χ1n) is 3.57. The van der Waals surface area contributed by atoms with Crippen molar-refractivity contribution in [2.45, 2.75) is 11.3 Å². The van der Waals surface area contributed by atoms with Gasteiger partial charge in [-0.15, -0.1) is 0 Å². The number of nitrogens with two attached hydrogens (primary N) is 2. The first kappa shape index (κ1) is 11.6. The fraction of sp³-hybridized carbons (Fsp3) is 0.167. The molecule has 15 heavy (non-hydrogen) atoms. The van der Waals surface area contributed by atoms with Crippen LogP contribution in [0.3, 0.4) is 0 Å². The highest BCUT2D eigenvalue weighted by Gasteiger charge is 2.20. The number of hydrogen-bond donors (Lipinski definition) is 3. The maximum absolute atomic E-state index is 12.2. The van der Waals surface area contributed by atoms with E-state index in [0.717, 1.165) is 0 Å². The van der Waals surface area contributed by atoms with E-state index in [1.54, 1.807) is 4.98 Å². The molecule has 0 aliphatic heterocycles. The molecule has 1 rings (SSSR count). The Morgan fingerprint density at radius 3 is 2.33 bits per heavy atom. The highest BCUT2D eigenvalue weighted by atomic mass is 32.2. The first-order valence-corrected chi connectivity index (χ1v) is 5.11. The molecule has 1 aromatic rings. The van der Waals surface area contributed by atoms with Crippen LogP contribution in [0.25, 0.3) is 0 Å². The van der Waals surface area contributed by atoms with Crippen LogP contribution in [0.4, 0.5) is 14.6 Å². The number of H-pyrrole nitrogens is 1. The predicted molar refractivity (Wildman–Crippen MR) is 47.8 cm³/mol. The molecule has 0 unspecified atom stereocenters. The van der Waals surface area contributed by atoms with Gasteiger partial charge in [-0.25, -0.2) is 22.3 Å². The lowest BCUT2D eigenvalue weighted by molar-refractivity contribution is 0.149. The molecule has 5 N–H and O–H groups in total. The van der Waals surface area contributed by atoms with Gasteiger partial charge in [0.05, 0.1) is 5.56 Å². The number of hydrogen-bond acceptors (Lipinski definition) is 4. The number of pyridine rings is 1. The van der Waals surface area contributed by atoms with Crippen molar-refractivity contribution in [2.24, 2.45) is 5.14 Å². The molecule has 0 fully saturated rings. The summed E-state index contributed by atoms with van der Waals surface area (Å²) in [5.41, 5.74) is 2.98. The maximum atomic E-state index is 12.2. The smallest absolute Gasteiger partial charge is 0.269 e. The fourth-order valence-electron chi connectivity index (χ4n) is 0.938. The zero-order valence-electron chi connectivity index (χ0n) is 7.20. The summed E-state index contributed by atoms with van der Waals surface area (Å²) in [5.74, 6) is -0.563. The Morgan fingerprint density at radius 2 is 1.93 bits per heavy atom. The van der Waals surface area contributed by atoms with Gasteiger partial charge in [0.1, 0.15) is 10.7 Å². The van der Waals surface area contributed by atoms with Crippen LogP contribution in [-0.2, 0) is 10.0 Å². The van der Waals surface area contributed by atoms with E-state index < -0.39 is 38.3 Å². The second-order valence-electron chi connectivity index (χ2n) is 2.68. The third kappa shape index (κ3) is 2.30. The molecular formula is C6H7F2N3O3S. The minimum Gasteiger partial charge on any atom is -0.384 e. The molecule has 0 amide bonds. The van der Waals surface area contributed by atoms with Gasteiger partial charge in [0.2, 0.25) is 10.0 Å². The van der Waals surface area contributed by atoms with Gasteiger partial charge in [0.15, 0.2) is 0 Å². The number of halogens is 2. The van der Waals surface area contributed by atoms with Gasteiger partial charge in [0.25, 0.3) is 12.0 Å². The largest absolute Gasteiger partial charge is 0.384 e. The van der Waals surface area contributed by atoms with Crippen LogP contribution >= 0.6 is 0 Å². The molecule has 0 spiro atoms. The molecule has 0 aromatic carbocycles. The average molecular weight is 239 g/mol. The van der Waals surface area contributed by atoms with Crippen molar-refractivity contribution < 1.29 is 17.2 Å². The highest BCUT2D eigenvalue weighted by molar-refractivity contribution is 7.89. The lowest BCUT2D eigenvalue weighted by atomic mass is 10.3. The van der Waals surface area contributed by atoms with E-state index in [0.29, 0.717) is 6.07 Å². The van der Waals surface area contributed by atoms with Crippen LogP contribution in [0.2, 0.25) is 0 Å². The van der Waals surface area contributed by atoms with E-state index in [-0.39, 0.29) is 0 Å². The maximum Gasteiger partial charge on any atom is 0.269 e. The number of nitrogen functional groups attached to an aromatic ring is 1. The monoisotopic (exact) mass is 239 g/mol. The molecule has 0 aliphatic carbocycles. The normalized spacial score (nSPS) is 12.0. The number of alkyl halides is 2. The summed E-state index contributed by atoms with van der Waals surface area (Å²) in [5, 5.41) is 4.70. The van der Waals surface area contributed by atoms with Gasteiger partial charge in [-0.05, 0) is 6.07 Å². The number of rotatable bonds is 2. The van der Waals surface area contributed by atoms with E-state index in [1.165, 1.54) is 0 Å². The Kier molecular flexibility index (Phi) is 2.77. The molecule has 0 radical (unpaired) electrons. The van der Waals surface area contributed by atoms with Gasteiger partial charge in [-0.1, -0.05) is 0 Å². The van der Waals surface area contributed by atoms with E-state index in [9.17, 15) is 22.0 Å². The number of aromatic amines is 1. The Bertz CT molecular complexity index is 537. The van der Waals surface area contributed by atoms with Gasteiger partial charge < -0.3 is 10.7 Å². The van der Waals surface area contributed by atoms with Crippen LogP contribution in [-0.4, -0.2) is 13.4 Å². The third-order valence-electron chi connectivity index (χ3n) is 1.60. The second-order valence-corrected chi connectivity index (χ2v) is 4.21. The first-order chi connectivity index (χ1) is 6.73. The van der Waals surface area contributed by atoms with Crippen LogP contribution in [0, 0.1) is 0 Å². The van der Waals surface area contributed by atoms with Crippen LogP contribution in [0.1, 0.15) is 12.0 Å². The SMILES string of the molecule is Nc1[nH]c(=O)c(C(F)F)cc1S(N)(=O)=O. The Hall–Kier alpha value is -1.48. The van der Waals surface area contributed by atoms with Crippen molar-refractivity contribution >= 4 is 15.8 Å². The molecule has 6 nitrogen and oxygen atoms in total. The zero-order chi connectivity index (χ0) is 11.8. The van der Waals surface area contributed by atoms with E-state index in [4.69, 9.17) is 10.9 Å². The van der Waals surface area contributed by atoms with E-state index in [2.05, 4.69) is 0 Å². The summed E-state index contributed by atoms with van der Waals surface area (Å²) in [6.45, 7) is 0. The molecular weight excluding hydrogens is 232 g/mol. The molecule has 0 bridgehead atoms. The summed E-state index contributed by atoms with van der Waals surface area (Å²) in [6.07, 6.45) is -3.10. The zero-order valence-corrected chi connectivity index (χ0v) is 8.01. The number of nitrogens with one attached hydrogen (secondary N) is 1. The van der Waals surface area contributed by atoms with Gasteiger partial charge in [0, 0.05) is 0 Å². The summed E-state index contributed by atoms with van der Waals surface area (Å²) in [4.78, 5) is 12.0. The van der Waals surface area contributed by atoms with Crippen molar-refractivity contribution in [1.82, 2.24) is 4.98 Å². The lowest BCUT2D eigenvalue weighted by Gasteiger charge is -2.05. The Labute approximate surface area is 82.9 Å². The highest BCUT2D eigenvalue weighted by Crippen LogP contribution is 2.20. The van der Waals surface area contributed by atoms with Gasteiger partial charge >= 0.3 is 0 Å². The molecule has 9 heteroatoms. The quantitative estimate of drug-likeness (QED) is 0.647. The fourth-order valence-corrected chi connectivity index (χ4v) is 1.59.